The third-order valence-corrected chi connectivity index (χ3v) is 5.91. The Balaban J connectivity index is 1.64. The highest BCUT2D eigenvalue weighted by molar-refractivity contribution is 7.89. The average molecular weight is 496 g/mol. The summed E-state index contributed by atoms with van der Waals surface area (Å²) in [5.74, 6) is -1.47. The molecule has 8 nitrogen and oxygen atoms in total. The maximum Gasteiger partial charge on any atom is 0.416 e. The van der Waals surface area contributed by atoms with Crippen LogP contribution in [0.25, 0.3) is 0 Å². The predicted molar refractivity (Wildman–Crippen MR) is 114 cm³/mol. The van der Waals surface area contributed by atoms with E-state index in [4.69, 9.17) is 9.15 Å². The van der Waals surface area contributed by atoms with E-state index in [2.05, 4.69) is 10.0 Å². The van der Waals surface area contributed by atoms with Crippen LogP contribution in [0.4, 0.5) is 18.9 Å². The number of hydrogen-bond acceptors (Lipinski definition) is 6. The smallest absolute Gasteiger partial charge is 0.416 e. The van der Waals surface area contributed by atoms with Crippen molar-refractivity contribution in [2.45, 2.75) is 30.6 Å². The summed E-state index contributed by atoms with van der Waals surface area (Å²) in [7, 11) is -3.98. The van der Waals surface area contributed by atoms with Crippen molar-refractivity contribution in [2.75, 3.05) is 5.32 Å². The first kappa shape index (κ1) is 25.0. The number of halogens is 3. The Kier molecular flexibility index (Phi) is 7.42. The van der Waals surface area contributed by atoms with Gasteiger partial charge in [0.15, 0.2) is 6.10 Å². The molecule has 0 spiro atoms. The SMILES string of the molecule is CC(OC(=O)c1cccc(S(=O)(=O)NCc2ccco2)c1)C(=O)Nc1cccc(C(F)(F)F)c1. The number of hydrogen-bond donors (Lipinski definition) is 2. The highest BCUT2D eigenvalue weighted by Crippen LogP contribution is 2.30. The quantitative estimate of drug-likeness (QED) is 0.457. The molecule has 1 aromatic heterocycles. The van der Waals surface area contributed by atoms with Crippen molar-refractivity contribution < 1.29 is 40.3 Å². The number of nitrogens with one attached hydrogen (secondary N) is 2. The van der Waals surface area contributed by atoms with Gasteiger partial charge in [0.1, 0.15) is 5.76 Å². The number of ether oxygens (including phenoxy) is 1. The molecule has 180 valence electrons. The fourth-order valence-corrected chi connectivity index (χ4v) is 3.79. The molecule has 1 heterocycles. The van der Waals surface area contributed by atoms with Gasteiger partial charge in [0.25, 0.3) is 5.91 Å². The molecular weight excluding hydrogens is 477 g/mol. The second-order valence-corrected chi connectivity index (χ2v) is 8.81. The summed E-state index contributed by atoms with van der Waals surface area (Å²) >= 11 is 0. The van der Waals surface area contributed by atoms with E-state index >= 15 is 0 Å². The molecule has 2 aromatic carbocycles. The number of carbonyl (C=O) groups excluding carboxylic acids is 2. The molecule has 1 atom stereocenters. The summed E-state index contributed by atoms with van der Waals surface area (Å²) in [6.45, 7) is 1.13. The molecule has 2 N–H and O–H groups in total. The van der Waals surface area contributed by atoms with Crippen molar-refractivity contribution in [3.8, 4) is 0 Å². The number of alkyl halides is 3. The molecule has 0 saturated heterocycles. The molecular formula is C22H19F3N2O6S. The van der Waals surface area contributed by atoms with E-state index in [1.807, 2.05) is 0 Å². The van der Waals surface area contributed by atoms with E-state index in [1.165, 1.54) is 37.5 Å². The molecule has 0 aliphatic heterocycles. The zero-order chi connectivity index (χ0) is 24.9. The standard InChI is InChI=1S/C22H19F3N2O6S/c1-14(20(28)27-17-7-3-6-16(12-17)22(23,24)25)33-21(29)15-5-2-9-19(11-15)34(30,31)26-13-18-8-4-10-32-18/h2-12,14,26H,13H2,1H3,(H,27,28). The molecule has 0 bridgehead atoms. The van der Waals surface area contributed by atoms with Gasteiger partial charge >= 0.3 is 12.1 Å². The van der Waals surface area contributed by atoms with E-state index in [0.717, 1.165) is 24.3 Å². The lowest BCUT2D eigenvalue weighted by molar-refractivity contribution is -0.137. The topological polar surface area (TPSA) is 115 Å². The molecule has 1 amide bonds. The first-order valence-corrected chi connectivity index (χ1v) is 11.3. The van der Waals surface area contributed by atoms with Crippen LogP contribution in [-0.2, 0) is 32.3 Å². The maximum absolute atomic E-state index is 12.8. The second-order valence-electron chi connectivity index (χ2n) is 7.05. The van der Waals surface area contributed by atoms with Crippen molar-refractivity contribution in [2.24, 2.45) is 0 Å². The van der Waals surface area contributed by atoms with E-state index in [-0.39, 0.29) is 22.7 Å². The minimum absolute atomic E-state index is 0.100. The van der Waals surface area contributed by atoms with Crippen molar-refractivity contribution in [1.82, 2.24) is 4.72 Å². The molecule has 34 heavy (non-hydrogen) atoms. The predicted octanol–water partition coefficient (Wildman–Crippen LogP) is 3.96. The second kappa shape index (κ2) is 10.1. The maximum atomic E-state index is 12.8. The molecule has 0 fully saturated rings. The summed E-state index contributed by atoms with van der Waals surface area (Å²) in [4.78, 5) is 24.5. The number of esters is 1. The molecule has 3 aromatic rings. The van der Waals surface area contributed by atoms with Gasteiger partial charge in [0.05, 0.1) is 28.8 Å². The van der Waals surface area contributed by atoms with Crippen LogP contribution in [0.2, 0.25) is 0 Å². The number of anilines is 1. The summed E-state index contributed by atoms with van der Waals surface area (Å²) in [5, 5.41) is 2.25. The summed E-state index contributed by atoms with van der Waals surface area (Å²) < 4.78 is 75.9. The van der Waals surface area contributed by atoms with Gasteiger partial charge < -0.3 is 14.5 Å². The Hall–Kier alpha value is -3.64. The number of furan rings is 1. The minimum Gasteiger partial charge on any atom is -0.468 e. The molecule has 12 heteroatoms. The summed E-state index contributed by atoms with van der Waals surface area (Å²) in [6, 6.07) is 12.1. The van der Waals surface area contributed by atoms with E-state index in [1.54, 1.807) is 12.1 Å². The number of sulfonamides is 1. The minimum atomic E-state index is -4.59. The van der Waals surface area contributed by atoms with Gasteiger partial charge in [0.2, 0.25) is 10.0 Å². The molecule has 0 radical (unpaired) electrons. The van der Waals surface area contributed by atoms with Gasteiger partial charge in [-0.15, -0.1) is 0 Å². The number of rotatable bonds is 8. The van der Waals surface area contributed by atoms with Crippen LogP contribution in [0.15, 0.2) is 76.2 Å². The van der Waals surface area contributed by atoms with Gasteiger partial charge in [-0.1, -0.05) is 12.1 Å². The highest BCUT2D eigenvalue weighted by Gasteiger charge is 2.30. The first-order chi connectivity index (χ1) is 16.0. The molecule has 0 aliphatic carbocycles. The van der Waals surface area contributed by atoms with Crippen LogP contribution in [0.5, 0.6) is 0 Å². The van der Waals surface area contributed by atoms with Crippen molar-refractivity contribution >= 4 is 27.6 Å². The van der Waals surface area contributed by atoms with Crippen LogP contribution in [0.1, 0.15) is 28.6 Å². The van der Waals surface area contributed by atoms with E-state index in [0.29, 0.717) is 5.76 Å². The zero-order valence-corrected chi connectivity index (χ0v) is 18.4. The average Bonchev–Trinajstić information content (AvgIpc) is 3.31. The van der Waals surface area contributed by atoms with Crippen molar-refractivity contribution in [3.05, 3.63) is 83.8 Å². The third kappa shape index (κ3) is 6.45. The molecule has 0 aliphatic rings. The number of amides is 1. The third-order valence-electron chi connectivity index (χ3n) is 4.51. The number of carbonyl (C=O) groups is 2. The van der Waals surface area contributed by atoms with Crippen LogP contribution >= 0.6 is 0 Å². The monoisotopic (exact) mass is 496 g/mol. The Labute approximate surface area is 192 Å². The summed E-state index contributed by atoms with van der Waals surface area (Å²) in [5.41, 5.74) is -1.22. The van der Waals surface area contributed by atoms with E-state index in [9.17, 15) is 31.2 Å². The first-order valence-electron chi connectivity index (χ1n) is 9.77. The van der Waals surface area contributed by atoms with Crippen molar-refractivity contribution in [3.63, 3.8) is 0 Å². The van der Waals surface area contributed by atoms with Gasteiger partial charge in [-0.3, -0.25) is 4.79 Å². The Bertz CT molecular complexity index is 1270. The van der Waals surface area contributed by atoms with Crippen molar-refractivity contribution in [1.29, 1.82) is 0 Å². The number of benzene rings is 2. The summed E-state index contributed by atoms with van der Waals surface area (Å²) in [6.07, 6.45) is -4.57. The lowest BCUT2D eigenvalue weighted by atomic mass is 10.2. The fraction of sp³-hybridized carbons (Fsp3) is 0.182. The van der Waals surface area contributed by atoms with Crippen LogP contribution < -0.4 is 10.0 Å². The molecule has 3 rings (SSSR count). The highest BCUT2D eigenvalue weighted by atomic mass is 32.2. The lowest BCUT2D eigenvalue weighted by Gasteiger charge is -2.15. The lowest BCUT2D eigenvalue weighted by Crippen LogP contribution is -2.30. The van der Waals surface area contributed by atoms with E-state index < -0.39 is 39.7 Å². The normalized spacial score (nSPS) is 12.7. The molecule has 1 unspecified atom stereocenters. The van der Waals surface area contributed by atoms with Gasteiger partial charge in [-0.05, 0) is 55.5 Å². The fourth-order valence-electron chi connectivity index (χ4n) is 2.75. The zero-order valence-electron chi connectivity index (χ0n) is 17.6. The Morgan fingerprint density at radius 1 is 1.06 bits per heavy atom. The molecule has 0 saturated carbocycles. The largest absolute Gasteiger partial charge is 0.468 e. The van der Waals surface area contributed by atoms with Gasteiger partial charge in [-0.25, -0.2) is 17.9 Å². The Morgan fingerprint density at radius 2 is 1.79 bits per heavy atom. The Morgan fingerprint density at radius 3 is 2.47 bits per heavy atom. The van der Waals surface area contributed by atoms with Gasteiger partial charge in [0, 0.05) is 5.69 Å². The van der Waals surface area contributed by atoms with Crippen LogP contribution in [-0.4, -0.2) is 26.4 Å². The van der Waals surface area contributed by atoms with Crippen LogP contribution in [0, 0.1) is 0 Å². The van der Waals surface area contributed by atoms with Crippen LogP contribution in [0.3, 0.4) is 0 Å². The van der Waals surface area contributed by atoms with Gasteiger partial charge in [-0.2, -0.15) is 13.2 Å².